The van der Waals surface area contributed by atoms with Crippen molar-refractivity contribution >= 4 is 22.6 Å². The molecule has 0 saturated carbocycles. The third-order valence-corrected chi connectivity index (χ3v) is 3.04. The van der Waals surface area contributed by atoms with Gasteiger partial charge in [-0.1, -0.05) is 12.1 Å². The number of benzene rings is 1. The van der Waals surface area contributed by atoms with Gasteiger partial charge in [0, 0.05) is 6.20 Å². The number of pyridine rings is 1. The lowest BCUT2D eigenvalue weighted by atomic mass is 10.2. The van der Waals surface area contributed by atoms with E-state index in [0.717, 1.165) is 5.56 Å². The number of nitrogens with zero attached hydrogens (tertiary/aromatic N) is 1. The molecule has 16 heavy (non-hydrogen) atoms. The number of hydrogen-bond acceptors (Lipinski definition) is 1. The highest BCUT2D eigenvalue weighted by Crippen LogP contribution is 2.05. The van der Waals surface area contributed by atoms with Crippen molar-refractivity contribution in [3.05, 3.63) is 67.9 Å². The van der Waals surface area contributed by atoms with Gasteiger partial charge in [-0.3, -0.25) is 4.79 Å². The van der Waals surface area contributed by atoms with Crippen molar-refractivity contribution in [2.75, 3.05) is 0 Å². The van der Waals surface area contributed by atoms with Gasteiger partial charge in [-0.25, -0.2) is 4.39 Å². The summed E-state index contributed by atoms with van der Waals surface area (Å²) in [5, 5.41) is 0. The van der Waals surface area contributed by atoms with Crippen LogP contribution in [0.25, 0.3) is 0 Å². The molecule has 0 aliphatic rings. The summed E-state index contributed by atoms with van der Waals surface area (Å²) in [6, 6.07) is 9.83. The van der Waals surface area contributed by atoms with E-state index in [-0.39, 0.29) is 11.4 Å². The van der Waals surface area contributed by atoms with Gasteiger partial charge in [-0.15, -0.1) is 0 Å². The largest absolute Gasteiger partial charge is 0.310 e. The van der Waals surface area contributed by atoms with E-state index in [2.05, 4.69) is 0 Å². The summed E-state index contributed by atoms with van der Waals surface area (Å²) in [7, 11) is 0. The molecule has 2 aromatic rings. The second-order valence-electron chi connectivity index (χ2n) is 3.42. The Morgan fingerprint density at radius 3 is 2.81 bits per heavy atom. The number of rotatable bonds is 2. The fourth-order valence-corrected chi connectivity index (χ4v) is 1.98. The van der Waals surface area contributed by atoms with Gasteiger partial charge < -0.3 is 4.57 Å². The van der Waals surface area contributed by atoms with Gasteiger partial charge in [-0.2, -0.15) is 0 Å². The normalized spacial score (nSPS) is 10.4. The molecular formula is C12H9FINO. The van der Waals surface area contributed by atoms with Gasteiger partial charge in [0.25, 0.3) is 5.56 Å². The monoisotopic (exact) mass is 329 g/mol. The Balaban J connectivity index is 2.34. The van der Waals surface area contributed by atoms with Crippen molar-refractivity contribution in [2.45, 2.75) is 6.54 Å². The topological polar surface area (TPSA) is 22.0 Å². The van der Waals surface area contributed by atoms with E-state index in [1.807, 2.05) is 28.7 Å². The van der Waals surface area contributed by atoms with Crippen molar-refractivity contribution in [1.82, 2.24) is 4.57 Å². The maximum Gasteiger partial charge on any atom is 0.264 e. The fraction of sp³-hybridized carbons (Fsp3) is 0.0833. The van der Waals surface area contributed by atoms with Gasteiger partial charge >= 0.3 is 0 Å². The Morgan fingerprint density at radius 2 is 2.06 bits per heavy atom. The van der Waals surface area contributed by atoms with Crippen LogP contribution < -0.4 is 5.56 Å². The zero-order valence-corrected chi connectivity index (χ0v) is 10.5. The molecule has 0 N–H and O–H groups in total. The molecule has 0 radical (unpaired) electrons. The van der Waals surface area contributed by atoms with Gasteiger partial charge in [0.05, 0.1) is 10.1 Å². The number of hydrogen-bond donors (Lipinski definition) is 0. The van der Waals surface area contributed by atoms with Crippen LogP contribution in [-0.2, 0) is 6.54 Å². The minimum atomic E-state index is -0.281. The lowest BCUT2D eigenvalue weighted by Crippen LogP contribution is -2.21. The summed E-state index contributed by atoms with van der Waals surface area (Å²) in [4.78, 5) is 11.7. The maximum absolute atomic E-state index is 13.0. The SMILES string of the molecule is O=c1c(I)cccn1Cc1cccc(F)c1. The lowest BCUT2D eigenvalue weighted by Gasteiger charge is -2.05. The molecule has 0 amide bonds. The Labute approximate surface area is 106 Å². The fourth-order valence-electron chi connectivity index (χ4n) is 1.46. The molecule has 0 atom stereocenters. The van der Waals surface area contributed by atoms with E-state index >= 15 is 0 Å². The van der Waals surface area contributed by atoms with Crippen molar-refractivity contribution < 1.29 is 4.39 Å². The molecule has 4 heteroatoms. The second kappa shape index (κ2) is 4.78. The summed E-state index contributed by atoms with van der Waals surface area (Å²) >= 11 is 1.99. The predicted molar refractivity (Wildman–Crippen MR) is 68.9 cm³/mol. The molecule has 82 valence electrons. The standard InChI is InChI=1S/C12H9FINO/c13-10-4-1-3-9(7-10)8-15-6-2-5-11(14)12(15)16/h1-7H,8H2. The molecular weight excluding hydrogens is 320 g/mol. The molecule has 0 fully saturated rings. The van der Waals surface area contributed by atoms with E-state index in [0.29, 0.717) is 10.1 Å². The first-order chi connectivity index (χ1) is 7.66. The molecule has 0 aliphatic heterocycles. The second-order valence-corrected chi connectivity index (χ2v) is 4.58. The molecule has 0 aliphatic carbocycles. The quantitative estimate of drug-likeness (QED) is 0.777. The van der Waals surface area contributed by atoms with E-state index in [1.54, 1.807) is 29.0 Å². The van der Waals surface area contributed by atoms with Gasteiger partial charge in [0.15, 0.2) is 0 Å². The van der Waals surface area contributed by atoms with Crippen LogP contribution in [0.1, 0.15) is 5.56 Å². The Hall–Kier alpha value is -1.17. The predicted octanol–water partition coefficient (Wildman–Crippen LogP) is 2.64. The zero-order valence-electron chi connectivity index (χ0n) is 8.36. The maximum atomic E-state index is 13.0. The Bertz CT molecular complexity index is 565. The molecule has 0 bridgehead atoms. The molecule has 0 spiro atoms. The smallest absolute Gasteiger partial charge is 0.264 e. The molecule has 0 unspecified atom stereocenters. The van der Waals surface area contributed by atoms with E-state index in [4.69, 9.17) is 0 Å². The van der Waals surface area contributed by atoms with Crippen molar-refractivity contribution in [3.63, 3.8) is 0 Å². The first-order valence-electron chi connectivity index (χ1n) is 4.76. The van der Waals surface area contributed by atoms with Gasteiger partial charge in [-0.05, 0) is 52.4 Å². The van der Waals surface area contributed by atoms with Crippen LogP contribution in [0.5, 0.6) is 0 Å². The highest BCUT2D eigenvalue weighted by atomic mass is 127. The average Bonchev–Trinajstić information content (AvgIpc) is 2.25. The van der Waals surface area contributed by atoms with Gasteiger partial charge in [0.2, 0.25) is 0 Å². The summed E-state index contributed by atoms with van der Waals surface area (Å²) in [6.07, 6.45) is 1.70. The summed E-state index contributed by atoms with van der Waals surface area (Å²) in [5.74, 6) is -0.281. The summed E-state index contributed by atoms with van der Waals surface area (Å²) in [6.45, 7) is 0.396. The minimum absolute atomic E-state index is 0.0487. The number of aromatic nitrogens is 1. The van der Waals surface area contributed by atoms with Crippen molar-refractivity contribution in [2.24, 2.45) is 0 Å². The molecule has 2 nitrogen and oxygen atoms in total. The number of halogens is 2. The van der Waals surface area contributed by atoms with Crippen molar-refractivity contribution in [3.8, 4) is 0 Å². The van der Waals surface area contributed by atoms with Crippen LogP contribution in [0.4, 0.5) is 4.39 Å². The first kappa shape index (κ1) is 11.3. The molecule has 1 aromatic heterocycles. The van der Waals surface area contributed by atoms with E-state index in [1.165, 1.54) is 12.1 Å². The van der Waals surface area contributed by atoms with Crippen molar-refractivity contribution in [1.29, 1.82) is 0 Å². The van der Waals surface area contributed by atoms with Gasteiger partial charge in [0.1, 0.15) is 5.82 Å². The molecule has 2 rings (SSSR count). The van der Waals surface area contributed by atoms with Crippen LogP contribution in [0.2, 0.25) is 0 Å². The third kappa shape index (κ3) is 2.49. The van der Waals surface area contributed by atoms with Crippen LogP contribution in [0, 0.1) is 9.39 Å². The Kier molecular flexibility index (Phi) is 3.38. The van der Waals surface area contributed by atoms with Crippen LogP contribution in [0.15, 0.2) is 47.4 Å². The lowest BCUT2D eigenvalue weighted by molar-refractivity contribution is 0.622. The molecule has 0 saturated heterocycles. The molecule has 1 heterocycles. The Morgan fingerprint density at radius 1 is 1.25 bits per heavy atom. The summed E-state index contributed by atoms with van der Waals surface area (Å²) in [5.41, 5.74) is 0.733. The summed E-state index contributed by atoms with van der Waals surface area (Å²) < 4.78 is 15.2. The minimum Gasteiger partial charge on any atom is -0.310 e. The highest BCUT2D eigenvalue weighted by molar-refractivity contribution is 14.1. The van der Waals surface area contributed by atoms with Crippen LogP contribution in [-0.4, -0.2) is 4.57 Å². The average molecular weight is 329 g/mol. The third-order valence-electron chi connectivity index (χ3n) is 2.22. The van der Waals surface area contributed by atoms with E-state index in [9.17, 15) is 9.18 Å². The van der Waals surface area contributed by atoms with Crippen LogP contribution in [0.3, 0.4) is 0 Å². The van der Waals surface area contributed by atoms with Crippen LogP contribution >= 0.6 is 22.6 Å². The van der Waals surface area contributed by atoms with E-state index < -0.39 is 0 Å². The highest BCUT2D eigenvalue weighted by Gasteiger charge is 2.01. The zero-order chi connectivity index (χ0) is 11.5. The molecule has 1 aromatic carbocycles. The first-order valence-corrected chi connectivity index (χ1v) is 5.84.